The van der Waals surface area contributed by atoms with Gasteiger partial charge in [0.1, 0.15) is 0 Å². The Hall–Kier alpha value is -0.820. The van der Waals surface area contributed by atoms with Crippen LogP contribution in [0.5, 0.6) is 0 Å². The van der Waals surface area contributed by atoms with Gasteiger partial charge in [0.05, 0.1) is 11.8 Å². The Kier molecular flexibility index (Phi) is 3.65. The van der Waals surface area contributed by atoms with Crippen LogP contribution in [0.25, 0.3) is 0 Å². The minimum atomic E-state index is -0.192. The zero-order valence-corrected chi connectivity index (χ0v) is 11.8. The number of benzene rings is 1. The highest BCUT2D eigenvalue weighted by Crippen LogP contribution is 2.19. The number of amides is 1. The molecule has 1 N–H and O–H groups in total. The molecule has 0 fully saturated rings. The van der Waals surface area contributed by atoms with Gasteiger partial charge in [0.25, 0.3) is 5.91 Å². The van der Waals surface area contributed by atoms with Gasteiger partial charge in [-0.2, -0.15) is 0 Å². The molecule has 0 saturated carbocycles. The predicted molar refractivity (Wildman–Crippen MR) is 73.5 cm³/mol. The van der Waals surface area contributed by atoms with E-state index >= 15 is 0 Å². The van der Waals surface area contributed by atoms with E-state index in [0.717, 1.165) is 9.26 Å². The fourth-order valence-electron chi connectivity index (χ4n) is 1.22. The summed E-state index contributed by atoms with van der Waals surface area (Å²) < 4.78 is 6.51. The summed E-state index contributed by atoms with van der Waals surface area (Å²) >= 11 is 5.36. The lowest BCUT2D eigenvalue weighted by atomic mass is 10.3. The highest BCUT2D eigenvalue weighted by atomic mass is 127. The Morgan fingerprint density at radius 3 is 2.81 bits per heavy atom. The Morgan fingerprint density at radius 1 is 1.38 bits per heavy atom. The van der Waals surface area contributed by atoms with Crippen LogP contribution >= 0.6 is 38.5 Å². The molecule has 0 aliphatic heterocycles. The van der Waals surface area contributed by atoms with Crippen molar-refractivity contribution < 1.29 is 9.21 Å². The Bertz CT molecular complexity index is 524. The lowest BCUT2D eigenvalue weighted by molar-refractivity contribution is 0.102. The lowest BCUT2D eigenvalue weighted by Crippen LogP contribution is -2.11. The highest BCUT2D eigenvalue weighted by molar-refractivity contribution is 14.1. The van der Waals surface area contributed by atoms with Gasteiger partial charge in [-0.25, -0.2) is 0 Å². The number of carbonyl (C=O) groups excluding carboxylic acids is 1. The van der Waals surface area contributed by atoms with Crippen LogP contribution in [0.15, 0.2) is 45.7 Å². The number of hydrogen-bond donors (Lipinski definition) is 1. The highest BCUT2D eigenvalue weighted by Gasteiger charge is 2.12. The minimum absolute atomic E-state index is 0.192. The van der Waals surface area contributed by atoms with Crippen LogP contribution in [0, 0.1) is 3.57 Å². The van der Waals surface area contributed by atoms with E-state index in [0.29, 0.717) is 10.2 Å². The molecule has 1 amide bonds. The molecule has 16 heavy (non-hydrogen) atoms. The molecule has 0 aliphatic carbocycles. The molecule has 5 heteroatoms. The largest absolute Gasteiger partial charge is 0.457 e. The summed E-state index contributed by atoms with van der Waals surface area (Å²) in [6.45, 7) is 0. The molecule has 2 aromatic rings. The first kappa shape index (κ1) is 11.7. The van der Waals surface area contributed by atoms with Crippen molar-refractivity contribution in [1.82, 2.24) is 0 Å². The molecular formula is C11H7BrINO2. The summed E-state index contributed by atoms with van der Waals surface area (Å²) in [5.41, 5.74) is 1.25. The first-order chi connectivity index (χ1) is 7.66. The summed E-state index contributed by atoms with van der Waals surface area (Å²) in [5.74, 6) is -0.192. The zero-order valence-electron chi connectivity index (χ0n) is 8.04. The van der Waals surface area contributed by atoms with Crippen molar-refractivity contribution in [3.8, 4) is 0 Å². The first-order valence-electron chi connectivity index (χ1n) is 4.47. The van der Waals surface area contributed by atoms with Crippen molar-refractivity contribution >= 4 is 50.1 Å². The van der Waals surface area contributed by atoms with Crippen LogP contribution in [0.1, 0.15) is 10.4 Å². The van der Waals surface area contributed by atoms with Crippen molar-refractivity contribution in [2.24, 2.45) is 0 Å². The third-order valence-electron chi connectivity index (χ3n) is 1.95. The molecule has 0 unspecified atom stereocenters. The first-order valence-corrected chi connectivity index (χ1v) is 6.34. The van der Waals surface area contributed by atoms with Gasteiger partial charge in [0, 0.05) is 9.26 Å². The normalized spacial score (nSPS) is 10.1. The smallest absolute Gasteiger partial charge is 0.260 e. The number of hydrogen-bond acceptors (Lipinski definition) is 2. The number of nitrogens with one attached hydrogen (secondary N) is 1. The quantitative estimate of drug-likeness (QED) is 0.789. The molecule has 2 rings (SSSR count). The average molecular weight is 392 g/mol. The number of anilines is 1. The summed E-state index contributed by atoms with van der Waals surface area (Å²) in [7, 11) is 0. The average Bonchev–Trinajstić information content (AvgIpc) is 2.64. The van der Waals surface area contributed by atoms with E-state index in [9.17, 15) is 4.79 Å². The number of carbonyl (C=O) groups is 1. The van der Waals surface area contributed by atoms with Crippen LogP contribution in [-0.2, 0) is 0 Å². The van der Waals surface area contributed by atoms with Crippen LogP contribution in [0.4, 0.5) is 5.69 Å². The van der Waals surface area contributed by atoms with Crippen molar-refractivity contribution in [1.29, 1.82) is 0 Å². The van der Waals surface area contributed by atoms with Gasteiger partial charge >= 0.3 is 0 Å². The third kappa shape index (κ3) is 2.65. The standard InChI is InChI=1S/C11H7BrINO2/c12-10-9(4-5-16-10)11(15)14-8-3-1-2-7(13)6-8/h1-6H,(H,14,15). The Labute approximate surface area is 114 Å². The van der Waals surface area contributed by atoms with Gasteiger partial charge in [0.15, 0.2) is 4.67 Å². The number of rotatable bonds is 2. The molecular weight excluding hydrogens is 385 g/mol. The van der Waals surface area contributed by atoms with Gasteiger partial charge in [-0.1, -0.05) is 6.07 Å². The molecule has 0 radical (unpaired) electrons. The molecule has 0 atom stereocenters. The summed E-state index contributed by atoms with van der Waals surface area (Å²) in [4.78, 5) is 11.8. The van der Waals surface area contributed by atoms with Crippen molar-refractivity contribution in [2.75, 3.05) is 5.32 Å². The monoisotopic (exact) mass is 391 g/mol. The Morgan fingerprint density at radius 2 is 2.19 bits per heavy atom. The van der Waals surface area contributed by atoms with Crippen LogP contribution in [0.2, 0.25) is 0 Å². The SMILES string of the molecule is O=C(Nc1cccc(I)c1)c1ccoc1Br. The van der Waals surface area contributed by atoms with E-state index < -0.39 is 0 Å². The van der Waals surface area contributed by atoms with Crippen molar-refractivity contribution in [3.63, 3.8) is 0 Å². The van der Waals surface area contributed by atoms with Gasteiger partial charge in [0.2, 0.25) is 0 Å². The van der Waals surface area contributed by atoms with Gasteiger partial charge in [-0.15, -0.1) is 0 Å². The van der Waals surface area contributed by atoms with Crippen LogP contribution < -0.4 is 5.32 Å². The molecule has 3 nitrogen and oxygen atoms in total. The van der Waals surface area contributed by atoms with E-state index in [1.165, 1.54) is 6.26 Å². The maximum Gasteiger partial charge on any atom is 0.260 e. The predicted octanol–water partition coefficient (Wildman–Crippen LogP) is 3.90. The molecule has 1 heterocycles. The summed E-state index contributed by atoms with van der Waals surface area (Å²) in [6.07, 6.45) is 1.47. The van der Waals surface area contributed by atoms with Gasteiger partial charge in [-0.3, -0.25) is 4.79 Å². The summed E-state index contributed by atoms with van der Waals surface area (Å²) in [6, 6.07) is 9.21. The van der Waals surface area contributed by atoms with Crippen molar-refractivity contribution in [2.45, 2.75) is 0 Å². The summed E-state index contributed by atoms with van der Waals surface area (Å²) in [5, 5.41) is 2.79. The van der Waals surface area contributed by atoms with E-state index in [4.69, 9.17) is 4.42 Å². The van der Waals surface area contributed by atoms with Gasteiger partial charge < -0.3 is 9.73 Å². The molecule has 0 spiro atoms. The zero-order chi connectivity index (χ0) is 11.5. The van der Waals surface area contributed by atoms with Crippen LogP contribution in [0.3, 0.4) is 0 Å². The fraction of sp³-hybridized carbons (Fsp3) is 0. The second-order valence-corrected chi connectivity index (χ2v) is 5.04. The fourth-order valence-corrected chi connectivity index (χ4v) is 2.18. The van der Waals surface area contributed by atoms with Gasteiger partial charge in [-0.05, 0) is 62.8 Å². The third-order valence-corrected chi connectivity index (χ3v) is 3.23. The number of halogens is 2. The molecule has 0 aliphatic rings. The lowest BCUT2D eigenvalue weighted by Gasteiger charge is -2.03. The van der Waals surface area contributed by atoms with E-state index in [1.807, 2.05) is 24.3 Å². The minimum Gasteiger partial charge on any atom is -0.457 e. The number of furan rings is 1. The van der Waals surface area contributed by atoms with E-state index in [-0.39, 0.29) is 5.91 Å². The topological polar surface area (TPSA) is 42.2 Å². The van der Waals surface area contributed by atoms with Crippen molar-refractivity contribution in [3.05, 3.63) is 50.4 Å². The molecule has 1 aromatic heterocycles. The molecule has 82 valence electrons. The second-order valence-electron chi connectivity index (χ2n) is 3.07. The molecule has 0 saturated heterocycles. The Balaban J connectivity index is 2.17. The molecule has 0 bridgehead atoms. The van der Waals surface area contributed by atoms with E-state index in [2.05, 4.69) is 43.8 Å². The maximum absolute atomic E-state index is 11.8. The maximum atomic E-state index is 11.8. The molecule has 1 aromatic carbocycles. The van der Waals surface area contributed by atoms with E-state index in [1.54, 1.807) is 6.07 Å². The van der Waals surface area contributed by atoms with Crippen LogP contribution in [-0.4, -0.2) is 5.91 Å². The second kappa shape index (κ2) is 5.01.